The second-order valence-corrected chi connectivity index (χ2v) is 5.32. The van der Waals surface area contributed by atoms with Gasteiger partial charge in [-0.1, -0.05) is 6.07 Å². The molecule has 1 N–H and O–H groups in total. The molecule has 0 radical (unpaired) electrons. The van der Waals surface area contributed by atoms with E-state index in [-0.39, 0.29) is 5.75 Å². The van der Waals surface area contributed by atoms with Crippen LogP contribution >= 0.6 is 0 Å². The van der Waals surface area contributed by atoms with Crippen molar-refractivity contribution >= 4 is 0 Å². The van der Waals surface area contributed by atoms with E-state index in [1.165, 1.54) is 0 Å². The number of hydrogen-bond donors (Lipinski definition) is 1. The lowest BCUT2D eigenvalue weighted by Crippen LogP contribution is -2.15. The first-order chi connectivity index (χ1) is 10.1. The molecule has 0 amide bonds. The first kappa shape index (κ1) is 15.3. The highest BCUT2D eigenvalue weighted by Crippen LogP contribution is 2.34. The van der Waals surface area contributed by atoms with Crippen LogP contribution < -0.4 is 4.74 Å². The van der Waals surface area contributed by atoms with Gasteiger partial charge in [0, 0.05) is 35.6 Å². The van der Waals surface area contributed by atoms with Crippen molar-refractivity contribution in [2.24, 2.45) is 0 Å². The van der Waals surface area contributed by atoms with Crippen LogP contribution in [0, 0.1) is 6.92 Å². The highest BCUT2D eigenvalue weighted by Gasteiger charge is 2.10. The summed E-state index contributed by atoms with van der Waals surface area (Å²) in [7, 11) is 4.08. The van der Waals surface area contributed by atoms with Gasteiger partial charge in [0.05, 0.1) is 6.61 Å². The Kier molecular flexibility index (Phi) is 5.17. The zero-order valence-corrected chi connectivity index (χ0v) is 12.8. The van der Waals surface area contributed by atoms with Crippen molar-refractivity contribution in [3.05, 3.63) is 42.2 Å². The summed E-state index contributed by atoms with van der Waals surface area (Å²) < 4.78 is 5.86. The zero-order chi connectivity index (χ0) is 15.2. The Morgan fingerprint density at radius 1 is 1.19 bits per heavy atom. The predicted octanol–water partition coefficient (Wildman–Crippen LogP) is 3.09. The van der Waals surface area contributed by atoms with Gasteiger partial charge in [-0.05, 0) is 45.6 Å². The molecule has 0 saturated carbocycles. The van der Waals surface area contributed by atoms with Crippen molar-refractivity contribution in [1.82, 2.24) is 9.88 Å². The Labute approximate surface area is 126 Å². The summed E-state index contributed by atoms with van der Waals surface area (Å²) >= 11 is 0. The molecule has 0 aliphatic carbocycles. The number of pyridine rings is 1. The summed E-state index contributed by atoms with van der Waals surface area (Å²) in [5, 5.41) is 9.69. The Balaban J connectivity index is 2.20. The molecule has 4 heteroatoms. The number of phenols is 1. The van der Waals surface area contributed by atoms with Gasteiger partial charge < -0.3 is 14.7 Å². The van der Waals surface area contributed by atoms with Crippen LogP contribution in [-0.2, 0) is 0 Å². The van der Waals surface area contributed by atoms with Gasteiger partial charge in [-0.15, -0.1) is 0 Å². The van der Waals surface area contributed by atoms with Gasteiger partial charge in [0.1, 0.15) is 11.5 Å². The average Bonchev–Trinajstić information content (AvgIpc) is 2.45. The molecule has 1 heterocycles. The molecular weight excluding hydrogens is 264 g/mol. The molecule has 0 unspecified atom stereocenters. The van der Waals surface area contributed by atoms with E-state index in [2.05, 4.69) is 9.88 Å². The topological polar surface area (TPSA) is 45.6 Å². The number of hydrogen-bond acceptors (Lipinski definition) is 4. The fraction of sp³-hybridized carbons (Fsp3) is 0.353. The zero-order valence-electron chi connectivity index (χ0n) is 12.8. The second-order valence-electron chi connectivity index (χ2n) is 5.32. The first-order valence-corrected chi connectivity index (χ1v) is 7.10. The van der Waals surface area contributed by atoms with Crippen molar-refractivity contribution in [2.75, 3.05) is 27.2 Å². The van der Waals surface area contributed by atoms with Gasteiger partial charge in [0.25, 0.3) is 0 Å². The molecule has 2 aromatic rings. The minimum Gasteiger partial charge on any atom is -0.508 e. The maximum atomic E-state index is 9.69. The molecule has 4 nitrogen and oxygen atoms in total. The Hall–Kier alpha value is -2.07. The van der Waals surface area contributed by atoms with E-state index in [9.17, 15) is 5.11 Å². The molecule has 0 saturated heterocycles. The highest BCUT2D eigenvalue weighted by atomic mass is 16.5. The molecule has 0 aliphatic rings. The summed E-state index contributed by atoms with van der Waals surface area (Å²) in [4.78, 5) is 6.44. The molecule has 0 aliphatic heterocycles. The first-order valence-electron chi connectivity index (χ1n) is 7.10. The van der Waals surface area contributed by atoms with E-state index in [4.69, 9.17) is 4.74 Å². The van der Waals surface area contributed by atoms with Gasteiger partial charge in [-0.25, -0.2) is 0 Å². The molecule has 1 aromatic heterocycles. The fourth-order valence-electron chi connectivity index (χ4n) is 2.18. The van der Waals surface area contributed by atoms with E-state index in [0.717, 1.165) is 29.8 Å². The van der Waals surface area contributed by atoms with Crippen molar-refractivity contribution in [3.8, 4) is 22.6 Å². The molecule has 112 valence electrons. The quantitative estimate of drug-likeness (QED) is 0.829. The largest absolute Gasteiger partial charge is 0.508 e. The van der Waals surface area contributed by atoms with E-state index < -0.39 is 0 Å². The Bertz CT molecular complexity index is 597. The summed E-state index contributed by atoms with van der Waals surface area (Å²) in [6, 6.07) is 9.14. The van der Waals surface area contributed by atoms with Crippen LogP contribution in [0.15, 0.2) is 36.5 Å². The molecule has 21 heavy (non-hydrogen) atoms. The van der Waals surface area contributed by atoms with Gasteiger partial charge in [0.15, 0.2) is 0 Å². The van der Waals surface area contributed by atoms with Crippen LogP contribution in [-0.4, -0.2) is 42.2 Å². The number of aromatic hydroxyl groups is 1. The molecule has 0 spiro atoms. The van der Waals surface area contributed by atoms with Crippen LogP contribution in [0.25, 0.3) is 11.1 Å². The summed E-state index contributed by atoms with van der Waals surface area (Å²) in [6.45, 7) is 3.56. The third-order valence-corrected chi connectivity index (χ3v) is 3.27. The van der Waals surface area contributed by atoms with Gasteiger partial charge in [-0.3, -0.25) is 4.98 Å². The lowest BCUT2D eigenvalue weighted by Gasteiger charge is -2.14. The predicted molar refractivity (Wildman–Crippen MR) is 84.7 cm³/mol. The minimum atomic E-state index is 0.211. The van der Waals surface area contributed by atoms with E-state index in [1.54, 1.807) is 18.3 Å². The van der Waals surface area contributed by atoms with Crippen LogP contribution in [0.5, 0.6) is 11.5 Å². The van der Waals surface area contributed by atoms with Crippen molar-refractivity contribution in [1.29, 1.82) is 0 Å². The normalized spacial score (nSPS) is 10.9. The van der Waals surface area contributed by atoms with Crippen molar-refractivity contribution < 1.29 is 9.84 Å². The Morgan fingerprint density at radius 3 is 2.71 bits per heavy atom. The third kappa shape index (κ3) is 4.20. The number of aryl methyl sites for hydroxylation is 1. The lowest BCUT2D eigenvalue weighted by molar-refractivity contribution is 0.281. The Morgan fingerprint density at radius 2 is 2.00 bits per heavy atom. The van der Waals surface area contributed by atoms with Crippen LogP contribution in [0.4, 0.5) is 0 Å². The smallest absolute Gasteiger partial charge is 0.130 e. The second kappa shape index (κ2) is 7.09. The van der Waals surface area contributed by atoms with Gasteiger partial charge in [0.2, 0.25) is 0 Å². The standard InChI is InChI=1S/C17H22N2O2/c1-13-15(6-4-9-18-13)16-8-7-14(20)12-17(16)21-11-5-10-19(2)3/h4,6-9,12,20H,5,10-11H2,1-3H3. The molecule has 1 aromatic carbocycles. The lowest BCUT2D eigenvalue weighted by atomic mass is 10.0. The van der Waals surface area contributed by atoms with Crippen molar-refractivity contribution in [2.45, 2.75) is 13.3 Å². The van der Waals surface area contributed by atoms with Gasteiger partial charge >= 0.3 is 0 Å². The SMILES string of the molecule is Cc1ncccc1-c1ccc(O)cc1OCCCN(C)C. The monoisotopic (exact) mass is 286 g/mol. The maximum Gasteiger partial charge on any atom is 0.130 e. The summed E-state index contributed by atoms with van der Waals surface area (Å²) in [6.07, 6.45) is 2.71. The maximum absolute atomic E-state index is 9.69. The third-order valence-electron chi connectivity index (χ3n) is 3.27. The molecular formula is C17H22N2O2. The van der Waals surface area contributed by atoms with Gasteiger partial charge in [-0.2, -0.15) is 0 Å². The van der Waals surface area contributed by atoms with E-state index >= 15 is 0 Å². The van der Waals surface area contributed by atoms with Crippen LogP contribution in [0.3, 0.4) is 0 Å². The summed E-state index contributed by atoms with van der Waals surface area (Å²) in [5.74, 6) is 0.910. The molecule has 0 atom stereocenters. The minimum absolute atomic E-state index is 0.211. The average molecular weight is 286 g/mol. The van der Waals surface area contributed by atoms with E-state index in [1.807, 2.05) is 39.2 Å². The number of nitrogens with zero attached hydrogens (tertiary/aromatic N) is 2. The highest BCUT2D eigenvalue weighted by molar-refractivity contribution is 5.73. The molecule has 2 rings (SSSR count). The summed E-state index contributed by atoms with van der Waals surface area (Å²) in [5.41, 5.74) is 2.93. The number of rotatable bonds is 6. The van der Waals surface area contributed by atoms with Crippen LogP contribution in [0.1, 0.15) is 12.1 Å². The number of aromatic nitrogens is 1. The van der Waals surface area contributed by atoms with Crippen LogP contribution in [0.2, 0.25) is 0 Å². The molecule has 0 bridgehead atoms. The number of benzene rings is 1. The fourth-order valence-corrected chi connectivity index (χ4v) is 2.18. The van der Waals surface area contributed by atoms with E-state index in [0.29, 0.717) is 12.4 Å². The number of phenolic OH excluding ortho intramolecular Hbond substituents is 1. The molecule has 0 fully saturated rings. The number of ether oxygens (including phenoxy) is 1. The van der Waals surface area contributed by atoms with Crippen molar-refractivity contribution in [3.63, 3.8) is 0 Å².